The molecule has 3 aromatic rings. The summed E-state index contributed by atoms with van der Waals surface area (Å²) in [5, 5.41) is 5.49. The van der Waals surface area contributed by atoms with Gasteiger partial charge >= 0.3 is 0 Å². The second kappa shape index (κ2) is 8.94. The Morgan fingerprint density at radius 2 is 2.00 bits per heavy atom. The summed E-state index contributed by atoms with van der Waals surface area (Å²) >= 11 is 7.51. The number of sulfone groups is 1. The van der Waals surface area contributed by atoms with Gasteiger partial charge in [-0.05, 0) is 37.3 Å². The fourth-order valence-electron chi connectivity index (χ4n) is 2.63. The molecule has 0 unspecified atom stereocenters. The van der Waals surface area contributed by atoms with E-state index in [0.29, 0.717) is 12.3 Å². The van der Waals surface area contributed by atoms with E-state index in [2.05, 4.69) is 10.3 Å². The lowest BCUT2D eigenvalue weighted by atomic mass is 10.2. The number of anilines is 1. The molecule has 9 heteroatoms. The van der Waals surface area contributed by atoms with Crippen molar-refractivity contribution in [1.29, 1.82) is 0 Å². The van der Waals surface area contributed by atoms with E-state index in [-0.39, 0.29) is 27.9 Å². The second-order valence-corrected chi connectivity index (χ2v) is 9.49. The first kappa shape index (κ1) is 21.3. The van der Waals surface area contributed by atoms with Crippen molar-refractivity contribution >= 4 is 44.4 Å². The van der Waals surface area contributed by atoms with E-state index >= 15 is 0 Å². The summed E-state index contributed by atoms with van der Waals surface area (Å²) in [6.07, 6.45) is 1.13. The fourth-order valence-corrected chi connectivity index (χ4v) is 4.29. The van der Waals surface area contributed by atoms with Crippen molar-refractivity contribution in [1.82, 2.24) is 4.98 Å². The maximum atomic E-state index is 12.4. The first-order valence-electron chi connectivity index (χ1n) is 8.74. The standard InChI is InChI=1S/C20H19ClN2O4S2/c1-3-27-18-7-5-4-6-15(18)20-22-13(12-28-20)10-19(24)23-17-11-14(29(2,25)26)8-9-16(17)21/h4-9,11-12H,3,10H2,1-2H3,(H,23,24). The number of thiazole rings is 1. The molecule has 0 radical (unpaired) electrons. The first-order chi connectivity index (χ1) is 13.8. The summed E-state index contributed by atoms with van der Waals surface area (Å²) < 4.78 is 29.1. The molecule has 6 nitrogen and oxygen atoms in total. The van der Waals surface area contributed by atoms with Gasteiger partial charge in [-0.2, -0.15) is 0 Å². The molecule has 1 heterocycles. The lowest BCUT2D eigenvalue weighted by Gasteiger charge is -2.08. The van der Waals surface area contributed by atoms with Crippen LogP contribution >= 0.6 is 22.9 Å². The highest BCUT2D eigenvalue weighted by atomic mass is 35.5. The molecule has 0 saturated carbocycles. The van der Waals surface area contributed by atoms with E-state index < -0.39 is 9.84 Å². The van der Waals surface area contributed by atoms with E-state index in [4.69, 9.17) is 16.3 Å². The Kier molecular flexibility index (Phi) is 6.56. The van der Waals surface area contributed by atoms with Crippen molar-refractivity contribution in [3.05, 3.63) is 58.6 Å². The Balaban J connectivity index is 1.75. The number of amides is 1. The Morgan fingerprint density at radius 3 is 2.72 bits per heavy atom. The molecule has 0 bridgehead atoms. The highest BCUT2D eigenvalue weighted by Gasteiger charge is 2.15. The molecule has 0 spiro atoms. The maximum absolute atomic E-state index is 12.4. The second-order valence-electron chi connectivity index (χ2n) is 6.21. The zero-order valence-corrected chi connectivity index (χ0v) is 18.2. The monoisotopic (exact) mass is 450 g/mol. The van der Waals surface area contributed by atoms with Crippen LogP contribution in [-0.4, -0.2) is 32.2 Å². The minimum Gasteiger partial charge on any atom is -0.493 e. The van der Waals surface area contributed by atoms with Crippen LogP contribution in [0.25, 0.3) is 10.6 Å². The van der Waals surface area contributed by atoms with Gasteiger partial charge < -0.3 is 10.1 Å². The summed E-state index contributed by atoms with van der Waals surface area (Å²) in [6, 6.07) is 11.8. The predicted molar refractivity (Wildman–Crippen MR) is 116 cm³/mol. The molecule has 152 valence electrons. The van der Waals surface area contributed by atoms with Crippen LogP contribution in [0.5, 0.6) is 5.75 Å². The lowest BCUT2D eigenvalue weighted by Crippen LogP contribution is -2.15. The smallest absolute Gasteiger partial charge is 0.230 e. The number of carbonyl (C=O) groups excluding carboxylic acids is 1. The molecule has 0 aliphatic carbocycles. The largest absolute Gasteiger partial charge is 0.493 e. The van der Waals surface area contributed by atoms with Crippen LogP contribution in [0.1, 0.15) is 12.6 Å². The van der Waals surface area contributed by atoms with Crippen molar-refractivity contribution in [2.24, 2.45) is 0 Å². The number of carbonyl (C=O) groups is 1. The molecule has 0 aliphatic heterocycles. The molecule has 0 fully saturated rings. The number of aromatic nitrogens is 1. The van der Waals surface area contributed by atoms with Crippen LogP contribution < -0.4 is 10.1 Å². The zero-order valence-electron chi connectivity index (χ0n) is 15.8. The van der Waals surface area contributed by atoms with Crippen LogP contribution in [0, 0.1) is 0 Å². The van der Waals surface area contributed by atoms with Gasteiger partial charge in [-0.1, -0.05) is 23.7 Å². The Morgan fingerprint density at radius 1 is 1.24 bits per heavy atom. The average Bonchev–Trinajstić information content (AvgIpc) is 3.11. The number of benzene rings is 2. The number of hydrogen-bond donors (Lipinski definition) is 1. The van der Waals surface area contributed by atoms with Gasteiger partial charge in [0.15, 0.2) is 9.84 Å². The highest BCUT2D eigenvalue weighted by molar-refractivity contribution is 7.90. The van der Waals surface area contributed by atoms with E-state index in [0.717, 1.165) is 22.6 Å². The highest BCUT2D eigenvalue weighted by Crippen LogP contribution is 2.32. The van der Waals surface area contributed by atoms with Crippen molar-refractivity contribution in [3.63, 3.8) is 0 Å². The molecule has 1 amide bonds. The number of ether oxygens (including phenoxy) is 1. The maximum Gasteiger partial charge on any atom is 0.230 e. The van der Waals surface area contributed by atoms with Crippen LogP contribution in [0.4, 0.5) is 5.69 Å². The van der Waals surface area contributed by atoms with Gasteiger partial charge in [0.1, 0.15) is 10.8 Å². The van der Waals surface area contributed by atoms with Crippen LogP contribution in [0.2, 0.25) is 5.02 Å². The third-order valence-corrected chi connectivity index (χ3v) is 6.32. The van der Waals surface area contributed by atoms with Crippen LogP contribution in [0.3, 0.4) is 0 Å². The normalized spacial score (nSPS) is 11.3. The molecule has 0 saturated heterocycles. The number of hydrogen-bond acceptors (Lipinski definition) is 6. The number of halogens is 1. The molecule has 0 aliphatic rings. The molecular weight excluding hydrogens is 432 g/mol. The molecule has 29 heavy (non-hydrogen) atoms. The van der Waals surface area contributed by atoms with Gasteiger partial charge in [0.25, 0.3) is 0 Å². The third kappa shape index (κ3) is 5.35. The van der Waals surface area contributed by atoms with Gasteiger partial charge in [-0.15, -0.1) is 11.3 Å². The number of rotatable bonds is 7. The van der Waals surface area contributed by atoms with Crippen molar-refractivity contribution in [2.75, 3.05) is 18.2 Å². The van der Waals surface area contributed by atoms with Crippen molar-refractivity contribution in [2.45, 2.75) is 18.2 Å². The van der Waals surface area contributed by atoms with E-state index in [1.807, 2.05) is 36.6 Å². The molecule has 1 N–H and O–H groups in total. The lowest BCUT2D eigenvalue weighted by molar-refractivity contribution is -0.115. The summed E-state index contributed by atoms with van der Waals surface area (Å²) in [6.45, 7) is 2.46. The number of nitrogens with one attached hydrogen (secondary N) is 1. The van der Waals surface area contributed by atoms with Crippen LogP contribution in [0.15, 0.2) is 52.7 Å². The summed E-state index contributed by atoms with van der Waals surface area (Å²) in [5.74, 6) is 0.400. The summed E-state index contributed by atoms with van der Waals surface area (Å²) in [4.78, 5) is 17.0. The van der Waals surface area contributed by atoms with Gasteiger partial charge in [-0.25, -0.2) is 13.4 Å². The third-order valence-electron chi connectivity index (χ3n) is 3.95. The SMILES string of the molecule is CCOc1ccccc1-c1nc(CC(=O)Nc2cc(S(C)(=O)=O)ccc2Cl)cs1. The molecule has 0 atom stereocenters. The van der Waals surface area contributed by atoms with Crippen LogP contribution in [-0.2, 0) is 21.1 Å². The minimum absolute atomic E-state index is 0.0345. The molecule has 2 aromatic carbocycles. The van der Waals surface area contributed by atoms with Crippen molar-refractivity contribution in [3.8, 4) is 16.3 Å². The molecule has 1 aromatic heterocycles. The Hall–Kier alpha value is -2.42. The summed E-state index contributed by atoms with van der Waals surface area (Å²) in [7, 11) is -3.41. The number of nitrogens with zero attached hydrogens (tertiary/aromatic N) is 1. The Labute approximate surface area is 178 Å². The van der Waals surface area contributed by atoms with E-state index in [1.165, 1.54) is 29.5 Å². The molecular formula is C20H19ClN2O4S2. The quantitative estimate of drug-likeness (QED) is 0.574. The fraction of sp³-hybridized carbons (Fsp3) is 0.200. The van der Waals surface area contributed by atoms with Gasteiger partial charge in [-0.3, -0.25) is 4.79 Å². The zero-order chi connectivity index (χ0) is 21.0. The van der Waals surface area contributed by atoms with E-state index in [1.54, 1.807) is 0 Å². The molecule has 3 rings (SSSR count). The van der Waals surface area contributed by atoms with Gasteiger partial charge in [0.05, 0.1) is 39.9 Å². The predicted octanol–water partition coefficient (Wildman–Crippen LogP) is 4.45. The first-order valence-corrected chi connectivity index (χ1v) is 11.9. The Bertz CT molecular complexity index is 1140. The summed E-state index contributed by atoms with van der Waals surface area (Å²) in [5.41, 5.74) is 1.72. The average molecular weight is 451 g/mol. The number of para-hydroxylation sites is 1. The van der Waals surface area contributed by atoms with E-state index in [9.17, 15) is 13.2 Å². The van der Waals surface area contributed by atoms with Gasteiger partial charge in [0, 0.05) is 11.6 Å². The van der Waals surface area contributed by atoms with Crippen molar-refractivity contribution < 1.29 is 17.9 Å². The topological polar surface area (TPSA) is 85.4 Å². The van der Waals surface area contributed by atoms with Gasteiger partial charge in [0.2, 0.25) is 5.91 Å². The minimum atomic E-state index is -3.41.